The van der Waals surface area contributed by atoms with Gasteiger partial charge < -0.3 is 5.11 Å². The van der Waals surface area contributed by atoms with Crippen molar-refractivity contribution in [3.8, 4) is 0 Å². The number of hydrogen-bond acceptors (Lipinski definition) is 3. The zero-order valence-corrected chi connectivity index (χ0v) is 8.92. The predicted octanol–water partition coefficient (Wildman–Crippen LogP) is 1.68. The number of nitrogens with zero attached hydrogens (tertiary/aromatic N) is 3. The Morgan fingerprint density at radius 2 is 2.06 bits per heavy atom. The lowest BCUT2D eigenvalue weighted by Crippen LogP contribution is -2.04. The molecule has 5 nitrogen and oxygen atoms in total. The van der Waals surface area contributed by atoms with Crippen molar-refractivity contribution >= 4 is 17.6 Å². The van der Waals surface area contributed by atoms with Crippen LogP contribution in [0.5, 0.6) is 0 Å². The summed E-state index contributed by atoms with van der Waals surface area (Å²) < 4.78 is 1.46. The summed E-state index contributed by atoms with van der Waals surface area (Å²) in [6.07, 6.45) is 1.39. The first-order valence-electron chi connectivity index (χ1n) is 4.52. The Hall–Kier alpha value is -1.88. The first kappa shape index (κ1) is 10.6. The zero-order chi connectivity index (χ0) is 11.5. The predicted molar refractivity (Wildman–Crippen MR) is 57.5 cm³/mol. The Labute approximate surface area is 96.3 Å². The fourth-order valence-electron chi connectivity index (χ4n) is 1.25. The Morgan fingerprint density at radius 1 is 1.38 bits per heavy atom. The molecule has 1 aromatic heterocycles. The highest BCUT2D eigenvalue weighted by molar-refractivity contribution is 6.30. The molecule has 0 aliphatic heterocycles. The number of rotatable bonds is 3. The summed E-state index contributed by atoms with van der Waals surface area (Å²) in [5, 5.41) is 13.1. The fourth-order valence-corrected chi connectivity index (χ4v) is 1.37. The van der Waals surface area contributed by atoms with E-state index >= 15 is 0 Å². The van der Waals surface area contributed by atoms with Crippen LogP contribution in [0.25, 0.3) is 0 Å². The minimum absolute atomic E-state index is 0.200. The molecule has 1 aromatic carbocycles. The molecular weight excluding hydrogens is 230 g/mol. The van der Waals surface area contributed by atoms with Gasteiger partial charge >= 0.3 is 5.97 Å². The van der Waals surface area contributed by atoms with E-state index in [0.29, 0.717) is 11.6 Å². The standard InChI is InChI=1S/C10H8ClN3O2/c11-8-3-1-7(2-4-8)5-14-6-12-9(13-14)10(15)16/h1-4,6H,5H2,(H,15,16). The van der Waals surface area contributed by atoms with Crippen molar-refractivity contribution in [3.05, 3.63) is 47.0 Å². The summed E-state index contributed by atoms with van der Waals surface area (Å²) in [5.41, 5.74) is 0.978. The Bertz CT molecular complexity index is 507. The van der Waals surface area contributed by atoms with Gasteiger partial charge in [-0.3, -0.25) is 0 Å². The normalized spacial score (nSPS) is 10.3. The number of carboxylic acid groups (broad SMARTS) is 1. The highest BCUT2D eigenvalue weighted by Gasteiger charge is 2.08. The third kappa shape index (κ3) is 2.38. The van der Waals surface area contributed by atoms with Gasteiger partial charge in [-0.05, 0) is 17.7 Å². The number of aromatic nitrogens is 3. The lowest BCUT2D eigenvalue weighted by molar-refractivity contribution is 0.0683. The molecule has 0 aliphatic carbocycles. The van der Waals surface area contributed by atoms with Gasteiger partial charge in [-0.15, -0.1) is 5.10 Å². The van der Waals surface area contributed by atoms with E-state index in [1.807, 2.05) is 12.1 Å². The Morgan fingerprint density at radius 3 is 2.62 bits per heavy atom. The van der Waals surface area contributed by atoms with Crippen LogP contribution < -0.4 is 0 Å². The number of carboxylic acids is 1. The maximum Gasteiger partial charge on any atom is 0.375 e. The summed E-state index contributed by atoms with van der Waals surface area (Å²) in [5.74, 6) is -1.33. The summed E-state index contributed by atoms with van der Waals surface area (Å²) in [6, 6.07) is 7.24. The number of hydrogen-bond donors (Lipinski definition) is 1. The molecule has 0 amide bonds. The molecule has 1 N–H and O–H groups in total. The van der Waals surface area contributed by atoms with E-state index in [1.54, 1.807) is 12.1 Å². The van der Waals surface area contributed by atoms with Gasteiger partial charge in [-0.25, -0.2) is 14.5 Å². The van der Waals surface area contributed by atoms with E-state index in [2.05, 4.69) is 10.1 Å². The maximum absolute atomic E-state index is 10.6. The minimum Gasteiger partial charge on any atom is -0.475 e. The summed E-state index contributed by atoms with van der Waals surface area (Å²) in [7, 11) is 0. The second-order valence-corrected chi connectivity index (χ2v) is 3.63. The quantitative estimate of drug-likeness (QED) is 0.882. The van der Waals surface area contributed by atoms with Crippen molar-refractivity contribution in [1.82, 2.24) is 14.8 Å². The van der Waals surface area contributed by atoms with E-state index in [4.69, 9.17) is 16.7 Å². The van der Waals surface area contributed by atoms with Gasteiger partial charge in [0.1, 0.15) is 6.33 Å². The van der Waals surface area contributed by atoms with Gasteiger partial charge in [0.15, 0.2) is 0 Å². The van der Waals surface area contributed by atoms with Crippen molar-refractivity contribution in [2.45, 2.75) is 6.54 Å². The average molecular weight is 238 g/mol. The van der Waals surface area contributed by atoms with Gasteiger partial charge in [-0.1, -0.05) is 23.7 Å². The molecule has 1 heterocycles. The van der Waals surface area contributed by atoms with E-state index in [9.17, 15) is 4.79 Å². The van der Waals surface area contributed by atoms with Crippen LogP contribution in [0.2, 0.25) is 5.02 Å². The van der Waals surface area contributed by atoms with Crippen LogP contribution in [0.3, 0.4) is 0 Å². The second kappa shape index (κ2) is 4.32. The Balaban J connectivity index is 2.14. The number of halogens is 1. The monoisotopic (exact) mass is 237 g/mol. The molecule has 6 heteroatoms. The highest BCUT2D eigenvalue weighted by atomic mass is 35.5. The van der Waals surface area contributed by atoms with Crippen LogP contribution >= 0.6 is 11.6 Å². The third-order valence-corrected chi connectivity index (χ3v) is 2.24. The number of aromatic carboxylic acids is 1. The van der Waals surface area contributed by atoms with Gasteiger partial charge in [0, 0.05) is 5.02 Å². The molecule has 0 atom stereocenters. The van der Waals surface area contributed by atoms with Crippen LogP contribution in [0.15, 0.2) is 30.6 Å². The third-order valence-electron chi connectivity index (χ3n) is 1.99. The van der Waals surface area contributed by atoms with Gasteiger partial charge in [0.2, 0.25) is 0 Å². The largest absolute Gasteiger partial charge is 0.475 e. The second-order valence-electron chi connectivity index (χ2n) is 3.20. The molecular formula is C10H8ClN3O2. The van der Waals surface area contributed by atoms with Crippen LogP contribution in [-0.4, -0.2) is 25.8 Å². The minimum atomic E-state index is -1.13. The van der Waals surface area contributed by atoms with Gasteiger partial charge in [0.05, 0.1) is 6.54 Å². The lowest BCUT2D eigenvalue weighted by atomic mass is 10.2. The van der Waals surface area contributed by atoms with Crippen molar-refractivity contribution in [1.29, 1.82) is 0 Å². The first-order chi connectivity index (χ1) is 7.65. The number of carbonyl (C=O) groups is 1. The fraction of sp³-hybridized carbons (Fsp3) is 0.100. The molecule has 0 radical (unpaired) electrons. The molecule has 0 saturated heterocycles. The molecule has 82 valence electrons. The van der Waals surface area contributed by atoms with Crippen molar-refractivity contribution in [3.63, 3.8) is 0 Å². The summed E-state index contributed by atoms with van der Waals surface area (Å²) in [6.45, 7) is 0.470. The SMILES string of the molecule is O=C(O)c1ncn(Cc2ccc(Cl)cc2)n1. The summed E-state index contributed by atoms with van der Waals surface area (Å²) >= 11 is 5.75. The van der Waals surface area contributed by atoms with Gasteiger partial charge in [0.25, 0.3) is 5.82 Å². The van der Waals surface area contributed by atoms with E-state index in [-0.39, 0.29) is 5.82 Å². The lowest BCUT2D eigenvalue weighted by Gasteiger charge is -2.00. The molecule has 0 unspecified atom stereocenters. The molecule has 0 spiro atoms. The van der Waals surface area contributed by atoms with Gasteiger partial charge in [-0.2, -0.15) is 0 Å². The molecule has 0 fully saturated rings. The van der Waals surface area contributed by atoms with Crippen molar-refractivity contribution in [2.24, 2.45) is 0 Å². The number of benzene rings is 1. The smallest absolute Gasteiger partial charge is 0.375 e. The molecule has 0 bridgehead atoms. The average Bonchev–Trinajstić information content (AvgIpc) is 2.70. The van der Waals surface area contributed by atoms with Crippen molar-refractivity contribution in [2.75, 3.05) is 0 Å². The van der Waals surface area contributed by atoms with Crippen LogP contribution in [0.1, 0.15) is 16.2 Å². The topological polar surface area (TPSA) is 68.0 Å². The maximum atomic E-state index is 10.6. The molecule has 2 rings (SSSR count). The summed E-state index contributed by atoms with van der Waals surface area (Å²) in [4.78, 5) is 14.2. The molecule has 2 aromatic rings. The van der Waals surface area contributed by atoms with Crippen LogP contribution in [0, 0.1) is 0 Å². The van der Waals surface area contributed by atoms with Crippen LogP contribution in [-0.2, 0) is 6.54 Å². The molecule has 0 aliphatic rings. The molecule has 0 saturated carbocycles. The van der Waals surface area contributed by atoms with Crippen LogP contribution in [0.4, 0.5) is 0 Å². The molecule has 16 heavy (non-hydrogen) atoms. The van der Waals surface area contributed by atoms with E-state index in [1.165, 1.54) is 11.0 Å². The zero-order valence-electron chi connectivity index (χ0n) is 8.17. The van der Waals surface area contributed by atoms with Crippen molar-refractivity contribution < 1.29 is 9.90 Å². The van der Waals surface area contributed by atoms with E-state index < -0.39 is 5.97 Å². The highest BCUT2D eigenvalue weighted by Crippen LogP contribution is 2.10. The Kier molecular flexibility index (Phi) is 2.87. The first-order valence-corrected chi connectivity index (χ1v) is 4.90. The van der Waals surface area contributed by atoms with E-state index in [0.717, 1.165) is 5.56 Å².